The second-order valence-corrected chi connectivity index (χ2v) is 6.20. The molecule has 0 spiro atoms. The highest BCUT2D eigenvalue weighted by atomic mass is 35.5. The molecular weight excluding hydrogens is 303 g/mol. The fourth-order valence-corrected chi connectivity index (χ4v) is 3.59. The van der Waals surface area contributed by atoms with Gasteiger partial charge >= 0.3 is 6.18 Å². The van der Waals surface area contributed by atoms with Gasteiger partial charge in [-0.1, -0.05) is 24.1 Å². The summed E-state index contributed by atoms with van der Waals surface area (Å²) in [4.78, 5) is 0. The fourth-order valence-electron chi connectivity index (χ4n) is 3.31. The monoisotopic (exact) mass is 319 g/mol. The van der Waals surface area contributed by atoms with Gasteiger partial charge in [-0.3, -0.25) is 0 Å². The zero-order valence-corrected chi connectivity index (χ0v) is 12.2. The number of alkyl halides is 3. The average molecular weight is 320 g/mol. The maximum atomic E-state index is 12.8. The van der Waals surface area contributed by atoms with Crippen LogP contribution >= 0.6 is 11.6 Å². The van der Waals surface area contributed by atoms with Crippen LogP contribution in [0.2, 0.25) is 5.02 Å². The molecule has 0 aromatic heterocycles. The molecule has 0 radical (unpaired) electrons. The number of ether oxygens (including phenoxy) is 1. The van der Waals surface area contributed by atoms with Gasteiger partial charge in [-0.2, -0.15) is 13.2 Å². The van der Waals surface area contributed by atoms with Crippen LogP contribution in [0.4, 0.5) is 13.2 Å². The summed E-state index contributed by atoms with van der Waals surface area (Å²) in [5.74, 6) is 0.136. The van der Waals surface area contributed by atoms with Gasteiger partial charge in [0.15, 0.2) is 0 Å². The van der Waals surface area contributed by atoms with Crippen LogP contribution in [0.15, 0.2) is 18.2 Å². The van der Waals surface area contributed by atoms with Crippen LogP contribution in [0.25, 0.3) is 0 Å². The summed E-state index contributed by atoms with van der Waals surface area (Å²) in [7, 11) is 0. The van der Waals surface area contributed by atoms with E-state index in [9.17, 15) is 13.2 Å². The predicted molar refractivity (Wildman–Crippen MR) is 74.7 cm³/mol. The van der Waals surface area contributed by atoms with E-state index in [1.165, 1.54) is 18.6 Å². The van der Waals surface area contributed by atoms with Gasteiger partial charge < -0.3 is 10.1 Å². The Hall–Kier alpha value is -0.940. The van der Waals surface area contributed by atoms with E-state index in [1.807, 2.05) is 0 Å². The van der Waals surface area contributed by atoms with E-state index in [4.69, 9.17) is 16.3 Å². The predicted octanol–water partition coefficient (Wildman–Crippen LogP) is 4.41. The zero-order valence-electron chi connectivity index (χ0n) is 11.4. The Bertz CT molecular complexity index is 508. The van der Waals surface area contributed by atoms with Gasteiger partial charge in [0.05, 0.1) is 10.6 Å². The molecule has 0 saturated carbocycles. The van der Waals surface area contributed by atoms with Crippen molar-refractivity contribution in [2.45, 2.75) is 56.5 Å². The van der Waals surface area contributed by atoms with Crippen molar-refractivity contribution >= 4 is 11.6 Å². The summed E-state index contributed by atoms with van der Waals surface area (Å²) in [6.45, 7) is 0. The first-order valence-electron chi connectivity index (χ1n) is 7.22. The standard InChI is InChI=1S/C15H17ClF3NO/c16-14-12(15(17,18)19)5-2-6-13(14)21-11-7-9-3-1-4-10(8-11)20-9/h2,5-6,9-11,20H,1,3-4,7-8H2/t9-,10+,11-. The van der Waals surface area contributed by atoms with E-state index in [0.29, 0.717) is 12.1 Å². The molecule has 3 rings (SSSR count). The number of benzene rings is 1. The number of halogens is 4. The van der Waals surface area contributed by atoms with Gasteiger partial charge in [0.2, 0.25) is 0 Å². The minimum absolute atomic E-state index is 0.0671. The lowest BCUT2D eigenvalue weighted by molar-refractivity contribution is -0.137. The summed E-state index contributed by atoms with van der Waals surface area (Å²) in [5, 5.41) is 3.19. The molecule has 6 heteroatoms. The van der Waals surface area contributed by atoms with Crippen LogP contribution in [0.1, 0.15) is 37.7 Å². The third-order valence-corrected chi connectivity index (χ3v) is 4.62. The molecule has 2 fully saturated rings. The Morgan fingerprint density at radius 2 is 1.81 bits per heavy atom. The Kier molecular flexibility index (Phi) is 4.06. The molecule has 1 aromatic carbocycles. The molecule has 0 unspecified atom stereocenters. The molecule has 2 bridgehead atoms. The highest BCUT2D eigenvalue weighted by molar-refractivity contribution is 6.32. The molecule has 2 nitrogen and oxygen atoms in total. The molecule has 116 valence electrons. The number of rotatable bonds is 2. The zero-order chi connectivity index (χ0) is 15.0. The van der Waals surface area contributed by atoms with Gasteiger partial charge in [-0.05, 0) is 37.8 Å². The Labute approximate surface area is 126 Å². The lowest BCUT2D eigenvalue weighted by Gasteiger charge is -2.40. The maximum Gasteiger partial charge on any atom is 0.417 e. The third kappa shape index (κ3) is 3.29. The summed E-state index contributed by atoms with van der Waals surface area (Å²) < 4.78 is 44.3. The smallest absolute Gasteiger partial charge is 0.417 e. The molecule has 2 aliphatic rings. The topological polar surface area (TPSA) is 21.3 Å². The molecule has 0 amide bonds. The summed E-state index contributed by atoms with van der Waals surface area (Å²) in [6.07, 6.45) is 0.536. The SMILES string of the molecule is FC(F)(F)c1cccc(O[C@@H]2C[C@H]3CCC[C@@H](C2)N3)c1Cl. The first kappa shape index (κ1) is 15.0. The highest BCUT2D eigenvalue weighted by Gasteiger charge is 2.36. The van der Waals surface area contributed by atoms with E-state index in [0.717, 1.165) is 31.7 Å². The van der Waals surface area contributed by atoms with Crippen molar-refractivity contribution in [1.82, 2.24) is 5.32 Å². The molecule has 2 saturated heterocycles. The van der Waals surface area contributed by atoms with Gasteiger partial charge in [0.25, 0.3) is 0 Å². The number of piperidine rings is 2. The van der Waals surface area contributed by atoms with Crippen molar-refractivity contribution in [2.75, 3.05) is 0 Å². The molecule has 1 aromatic rings. The molecule has 0 aliphatic carbocycles. The van der Waals surface area contributed by atoms with Crippen LogP contribution < -0.4 is 10.1 Å². The van der Waals surface area contributed by atoms with Gasteiger partial charge in [-0.15, -0.1) is 0 Å². The molecular formula is C15H17ClF3NO. The number of hydrogen-bond acceptors (Lipinski definition) is 2. The largest absolute Gasteiger partial charge is 0.489 e. The summed E-state index contributed by atoms with van der Waals surface area (Å²) >= 11 is 5.87. The first-order valence-corrected chi connectivity index (χ1v) is 7.59. The second kappa shape index (κ2) is 5.69. The van der Waals surface area contributed by atoms with Crippen molar-refractivity contribution < 1.29 is 17.9 Å². The normalized spacial score (nSPS) is 29.2. The van der Waals surface area contributed by atoms with Crippen LogP contribution in [-0.4, -0.2) is 18.2 Å². The first-order chi connectivity index (χ1) is 9.93. The molecule has 1 N–H and O–H groups in total. The van der Waals surface area contributed by atoms with Crippen molar-refractivity contribution in [3.05, 3.63) is 28.8 Å². The third-order valence-electron chi connectivity index (χ3n) is 4.23. The lowest BCUT2D eigenvalue weighted by atomic mass is 9.85. The highest BCUT2D eigenvalue weighted by Crippen LogP contribution is 2.40. The molecule has 2 heterocycles. The second-order valence-electron chi connectivity index (χ2n) is 5.82. The quantitative estimate of drug-likeness (QED) is 0.871. The average Bonchev–Trinajstić information content (AvgIpc) is 2.39. The number of fused-ring (bicyclic) bond motifs is 2. The van der Waals surface area contributed by atoms with Crippen LogP contribution in [0.5, 0.6) is 5.75 Å². The Morgan fingerprint density at radius 1 is 1.14 bits per heavy atom. The number of hydrogen-bond donors (Lipinski definition) is 1. The fraction of sp³-hybridized carbons (Fsp3) is 0.600. The minimum Gasteiger partial charge on any atom is -0.489 e. The van der Waals surface area contributed by atoms with Crippen molar-refractivity contribution in [3.8, 4) is 5.75 Å². The Balaban J connectivity index is 1.76. The van der Waals surface area contributed by atoms with Gasteiger partial charge in [0.1, 0.15) is 11.9 Å². The van der Waals surface area contributed by atoms with Gasteiger partial charge in [-0.25, -0.2) is 0 Å². The molecule has 3 atom stereocenters. The van der Waals surface area contributed by atoms with E-state index in [1.54, 1.807) is 0 Å². The lowest BCUT2D eigenvalue weighted by Crippen LogP contribution is -2.51. The van der Waals surface area contributed by atoms with Crippen molar-refractivity contribution in [1.29, 1.82) is 0 Å². The van der Waals surface area contributed by atoms with Crippen molar-refractivity contribution in [3.63, 3.8) is 0 Å². The minimum atomic E-state index is -4.46. The van der Waals surface area contributed by atoms with E-state index < -0.39 is 11.7 Å². The maximum absolute atomic E-state index is 12.8. The molecule has 21 heavy (non-hydrogen) atoms. The van der Waals surface area contributed by atoms with E-state index in [2.05, 4.69) is 5.32 Å². The van der Waals surface area contributed by atoms with E-state index >= 15 is 0 Å². The van der Waals surface area contributed by atoms with E-state index in [-0.39, 0.29) is 16.9 Å². The molecule has 2 aliphatic heterocycles. The number of nitrogens with one attached hydrogen (secondary N) is 1. The summed E-state index contributed by atoms with van der Waals surface area (Å²) in [6, 6.07) is 4.65. The van der Waals surface area contributed by atoms with Crippen LogP contribution in [-0.2, 0) is 6.18 Å². The van der Waals surface area contributed by atoms with Crippen molar-refractivity contribution in [2.24, 2.45) is 0 Å². The van der Waals surface area contributed by atoms with Gasteiger partial charge in [0, 0.05) is 12.1 Å². The van der Waals surface area contributed by atoms with Crippen LogP contribution in [0.3, 0.4) is 0 Å². The van der Waals surface area contributed by atoms with Crippen LogP contribution in [0, 0.1) is 0 Å². The summed E-state index contributed by atoms with van der Waals surface area (Å²) in [5.41, 5.74) is -0.837. The Morgan fingerprint density at radius 3 is 2.43 bits per heavy atom.